The Morgan fingerprint density at radius 2 is 1.75 bits per heavy atom. The first-order valence-corrected chi connectivity index (χ1v) is 6.73. The summed E-state index contributed by atoms with van der Waals surface area (Å²) in [4.78, 5) is 40.5. The lowest BCUT2D eigenvalue weighted by atomic mass is 10.0. The molecule has 1 heterocycles. The lowest BCUT2D eigenvalue weighted by Gasteiger charge is -2.13. The lowest BCUT2D eigenvalue weighted by Crippen LogP contribution is -2.32. The number of hydroxylamine groups is 2. The summed E-state index contributed by atoms with van der Waals surface area (Å²) in [6.45, 7) is 4.08. The minimum Gasteiger partial charge on any atom is -0.330 e. The Hall–Kier alpha value is -2.17. The average Bonchev–Trinajstić information content (AvgIpc) is 2.70. The molecule has 1 unspecified atom stereocenters. The molecule has 0 N–H and O–H groups in total. The van der Waals surface area contributed by atoms with Crippen LogP contribution in [-0.4, -0.2) is 22.8 Å². The third kappa shape index (κ3) is 2.71. The second kappa shape index (κ2) is 5.86. The van der Waals surface area contributed by atoms with Crippen molar-refractivity contribution in [1.29, 1.82) is 0 Å². The Bertz CT molecular complexity index is 518. The summed E-state index contributed by atoms with van der Waals surface area (Å²) in [6, 6.07) is 6.42. The molecule has 0 radical (unpaired) electrons. The number of carbonyl (C=O) groups excluding carboxylic acids is 3. The van der Waals surface area contributed by atoms with Gasteiger partial charge in [0.25, 0.3) is 11.8 Å². The molecule has 0 bridgehead atoms. The fraction of sp³-hybridized carbons (Fsp3) is 0.400. The Labute approximate surface area is 117 Å². The summed E-state index contributed by atoms with van der Waals surface area (Å²) in [5.41, 5.74) is 0.541. The van der Waals surface area contributed by atoms with Gasteiger partial charge in [-0.3, -0.25) is 9.59 Å². The fourth-order valence-electron chi connectivity index (χ4n) is 1.97. The van der Waals surface area contributed by atoms with Crippen molar-refractivity contribution in [1.82, 2.24) is 5.06 Å². The highest BCUT2D eigenvalue weighted by Crippen LogP contribution is 2.23. The van der Waals surface area contributed by atoms with Crippen LogP contribution in [0.2, 0.25) is 0 Å². The molecule has 106 valence electrons. The minimum absolute atomic E-state index is 0.197. The maximum Gasteiger partial charge on any atom is 0.333 e. The van der Waals surface area contributed by atoms with Gasteiger partial charge in [0.05, 0.1) is 11.1 Å². The summed E-state index contributed by atoms with van der Waals surface area (Å²) < 4.78 is 0. The molecule has 0 saturated heterocycles. The summed E-state index contributed by atoms with van der Waals surface area (Å²) in [6.07, 6.45) is 1.85. The van der Waals surface area contributed by atoms with E-state index in [9.17, 15) is 14.4 Å². The molecule has 0 saturated carbocycles. The molecular weight excluding hydrogens is 258 g/mol. The average molecular weight is 275 g/mol. The van der Waals surface area contributed by atoms with Crippen molar-refractivity contribution in [2.75, 3.05) is 0 Å². The SMILES string of the molecule is CCC(C)CCC(=O)ON1C(=O)c2ccccc2C1=O. The van der Waals surface area contributed by atoms with Crippen LogP contribution in [-0.2, 0) is 9.63 Å². The molecule has 20 heavy (non-hydrogen) atoms. The molecule has 1 aliphatic rings. The molecule has 0 aromatic heterocycles. The summed E-state index contributed by atoms with van der Waals surface area (Å²) in [5, 5.41) is 0.559. The van der Waals surface area contributed by atoms with Crippen LogP contribution in [0.25, 0.3) is 0 Å². The van der Waals surface area contributed by atoms with E-state index >= 15 is 0 Å². The third-order valence-electron chi connectivity index (χ3n) is 3.49. The van der Waals surface area contributed by atoms with E-state index in [0.29, 0.717) is 17.4 Å². The molecule has 5 heteroatoms. The number of imide groups is 1. The monoisotopic (exact) mass is 275 g/mol. The van der Waals surface area contributed by atoms with Crippen LogP contribution >= 0.6 is 0 Å². The van der Waals surface area contributed by atoms with Crippen LogP contribution in [0.4, 0.5) is 0 Å². The minimum atomic E-state index is -0.581. The Morgan fingerprint density at radius 1 is 1.20 bits per heavy atom. The number of nitrogens with zero attached hydrogens (tertiary/aromatic N) is 1. The van der Waals surface area contributed by atoms with Crippen molar-refractivity contribution in [2.45, 2.75) is 33.1 Å². The van der Waals surface area contributed by atoms with E-state index in [1.165, 1.54) is 0 Å². The fourth-order valence-corrected chi connectivity index (χ4v) is 1.97. The molecule has 2 rings (SSSR count). The van der Waals surface area contributed by atoms with E-state index in [-0.39, 0.29) is 17.5 Å². The van der Waals surface area contributed by atoms with Gasteiger partial charge in [-0.15, -0.1) is 0 Å². The smallest absolute Gasteiger partial charge is 0.330 e. The zero-order valence-corrected chi connectivity index (χ0v) is 11.6. The van der Waals surface area contributed by atoms with Crippen molar-refractivity contribution in [3.8, 4) is 0 Å². The Balaban J connectivity index is 2.00. The highest BCUT2D eigenvalue weighted by molar-refractivity contribution is 6.20. The molecule has 2 amide bonds. The van der Waals surface area contributed by atoms with Crippen molar-refractivity contribution >= 4 is 17.8 Å². The van der Waals surface area contributed by atoms with Gasteiger partial charge in [0.1, 0.15) is 0 Å². The summed E-state index contributed by atoms with van der Waals surface area (Å²) in [7, 11) is 0. The van der Waals surface area contributed by atoms with Gasteiger partial charge in [0.2, 0.25) is 0 Å². The van der Waals surface area contributed by atoms with E-state index in [2.05, 4.69) is 0 Å². The van der Waals surface area contributed by atoms with Crippen molar-refractivity contribution in [3.63, 3.8) is 0 Å². The van der Waals surface area contributed by atoms with Gasteiger partial charge < -0.3 is 4.84 Å². The van der Waals surface area contributed by atoms with E-state index in [4.69, 9.17) is 4.84 Å². The normalized spacial score (nSPS) is 15.2. The van der Waals surface area contributed by atoms with Gasteiger partial charge in [-0.05, 0) is 24.5 Å². The Morgan fingerprint density at radius 3 is 2.25 bits per heavy atom. The molecule has 1 aliphatic heterocycles. The topological polar surface area (TPSA) is 63.7 Å². The third-order valence-corrected chi connectivity index (χ3v) is 3.49. The number of fused-ring (bicyclic) bond motifs is 1. The zero-order chi connectivity index (χ0) is 14.7. The van der Waals surface area contributed by atoms with Crippen LogP contribution < -0.4 is 0 Å². The number of hydrogen-bond acceptors (Lipinski definition) is 4. The van der Waals surface area contributed by atoms with Gasteiger partial charge in [-0.2, -0.15) is 0 Å². The summed E-state index contributed by atoms with van der Waals surface area (Å²) in [5.74, 6) is -1.31. The molecular formula is C15H17NO4. The van der Waals surface area contributed by atoms with Crippen molar-refractivity contribution in [2.24, 2.45) is 5.92 Å². The first-order chi connectivity index (χ1) is 9.54. The quantitative estimate of drug-likeness (QED) is 0.775. The number of hydrogen-bond donors (Lipinski definition) is 0. The lowest BCUT2D eigenvalue weighted by molar-refractivity contribution is -0.168. The maximum atomic E-state index is 12.0. The van der Waals surface area contributed by atoms with E-state index in [1.54, 1.807) is 24.3 Å². The van der Waals surface area contributed by atoms with E-state index < -0.39 is 17.8 Å². The second-order valence-corrected chi connectivity index (χ2v) is 4.97. The highest BCUT2D eigenvalue weighted by atomic mass is 16.7. The van der Waals surface area contributed by atoms with Crippen LogP contribution in [0.15, 0.2) is 24.3 Å². The predicted molar refractivity (Wildman–Crippen MR) is 71.7 cm³/mol. The molecule has 0 spiro atoms. The highest BCUT2D eigenvalue weighted by Gasteiger charge is 2.38. The van der Waals surface area contributed by atoms with Gasteiger partial charge in [0, 0.05) is 6.42 Å². The molecule has 0 fully saturated rings. The molecule has 5 nitrogen and oxygen atoms in total. The number of carbonyl (C=O) groups is 3. The molecule has 1 atom stereocenters. The van der Waals surface area contributed by atoms with Crippen molar-refractivity contribution < 1.29 is 19.2 Å². The van der Waals surface area contributed by atoms with Gasteiger partial charge in [-0.1, -0.05) is 37.5 Å². The second-order valence-electron chi connectivity index (χ2n) is 4.97. The number of benzene rings is 1. The van der Waals surface area contributed by atoms with Crippen LogP contribution in [0.5, 0.6) is 0 Å². The van der Waals surface area contributed by atoms with Gasteiger partial charge in [0.15, 0.2) is 0 Å². The molecule has 1 aromatic rings. The van der Waals surface area contributed by atoms with E-state index in [1.807, 2.05) is 13.8 Å². The number of rotatable bonds is 5. The largest absolute Gasteiger partial charge is 0.333 e. The summed E-state index contributed by atoms with van der Waals surface area (Å²) >= 11 is 0. The zero-order valence-electron chi connectivity index (χ0n) is 11.6. The maximum absolute atomic E-state index is 12.0. The first-order valence-electron chi connectivity index (χ1n) is 6.73. The van der Waals surface area contributed by atoms with Crippen LogP contribution in [0, 0.1) is 5.92 Å². The standard InChI is InChI=1S/C15H17NO4/c1-3-10(2)8-9-13(17)20-16-14(18)11-6-4-5-7-12(11)15(16)19/h4-7,10H,3,8-9H2,1-2H3. The Kier molecular flexibility index (Phi) is 4.17. The first kappa shape index (κ1) is 14.2. The van der Waals surface area contributed by atoms with Gasteiger partial charge >= 0.3 is 5.97 Å². The number of amides is 2. The molecule has 0 aliphatic carbocycles. The van der Waals surface area contributed by atoms with Crippen LogP contribution in [0.1, 0.15) is 53.8 Å². The molecule has 1 aromatic carbocycles. The predicted octanol–water partition coefficient (Wildman–Crippen LogP) is 2.57. The van der Waals surface area contributed by atoms with E-state index in [0.717, 1.165) is 6.42 Å². The van der Waals surface area contributed by atoms with Crippen molar-refractivity contribution in [3.05, 3.63) is 35.4 Å². The van der Waals surface area contributed by atoms with Gasteiger partial charge in [-0.25, -0.2) is 4.79 Å². The van der Waals surface area contributed by atoms with Crippen LogP contribution in [0.3, 0.4) is 0 Å².